The summed E-state index contributed by atoms with van der Waals surface area (Å²) in [6.45, 7) is 3.76. The molecule has 1 saturated heterocycles. The molecule has 142 valence electrons. The lowest BCUT2D eigenvalue weighted by molar-refractivity contribution is 0.167. The van der Waals surface area contributed by atoms with Gasteiger partial charge >= 0.3 is 0 Å². The highest BCUT2D eigenvalue weighted by molar-refractivity contribution is 14.2. The van der Waals surface area contributed by atoms with Crippen LogP contribution < -0.4 is 5.32 Å². The van der Waals surface area contributed by atoms with E-state index in [4.69, 9.17) is 4.74 Å². The maximum atomic E-state index is 6.14. The molecule has 0 radical (unpaired) electrons. The first-order valence-corrected chi connectivity index (χ1v) is 12.9. The zero-order valence-corrected chi connectivity index (χ0v) is 18.4. The Morgan fingerprint density at radius 3 is 2.33 bits per heavy atom. The molecule has 0 spiro atoms. The smallest absolute Gasteiger partial charge is 0.0999 e. The number of nitrogens with one attached hydrogen (secondary N) is 1. The van der Waals surface area contributed by atoms with E-state index in [0.29, 0.717) is 18.1 Å². The van der Waals surface area contributed by atoms with Gasteiger partial charge in [-0.25, -0.2) is 4.31 Å². The van der Waals surface area contributed by atoms with Crippen molar-refractivity contribution in [3.8, 4) is 0 Å². The minimum Gasteiger partial charge on any atom is -0.498 e. The van der Waals surface area contributed by atoms with Crippen molar-refractivity contribution in [3.05, 3.63) is 83.1 Å². The van der Waals surface area contributed by atoms with Crippen molar-refractivity contribution in [1.82, 2.24) is 9.62 Å². The molecule has 0 saturated carbocycles. The summed E-state index contributed by atoms with van der Waals surface area (Å²) in [4.78, 5) is 0. The average Bonchev–Trinajstić information content (AvgIpc) is 2.74. The first-order valence-electron chi connectivity index (χ1n) is 9.56. The normalized spacial score (nSPS) is 25.9. The summed E-state index contributed by atoms with van der Waals surface area (Å²) in [5, 5.41) is 3.93. The van der Waals surface area contributed by atoms with Crippen molar-refractivity contribution in [2.24, 2.45) is 0 Å². The molecule has 2 aromatic rings. The molecular formula is C22H25IN2OS. The summed E-state index contributed by atoms with van der Waals surface area (Å²) in [5.74, 6) is 1.19. The summed E-state index contributed by atoms with van der Waals surface area (Å²) >= 11 is 2.41. The third-order valence-corrected chi connectivity index (χ3v) is 7.58. The molecule has 0 bridgehead atoms. The fourth-order valence-corrected chi connectivity index (χ4v) is 5.95. The van der Waals surface area contributed by atoms with E-state index >= 15 is 0 Å². The summed E-state index contributed by atoms with van der Waals surface area (Å²) in [7, 11) is 1.81. The molecule has 0 unspecified atom stereocenters. The Kier molecular flexibility index (Phi) is 6.42. The Labute approximate surface area is 178 Å². The van der Waals surface area contributed by atoms with Crippen molar-refractivity contribution < 1.29 is 4.74 Å². The van der Waals surface area contributed by atoms with Gasteiger partial charge in [0.25, 0.3) is 0 Å². The summed E-state index contributed by atoms with van der Waals surface area (Å²) in [6, 6.07) is 22.7. The number of piperidine rings is 1. The van der Waals surface area contributed by atoms with Gasteiger partial charge in [0, 0.05) is 52.3 Å². The van der Waals surface area contributed by atoms with E-state index in [0.717, 1.165) is 26.0 Å². The molecule has 1 N–H and O–H groups in total. The van der Waals surface area contributed by atoms with Crippen molar-refractivity contribution in [2.45, 2.75) is 37.9 Å². The quantitative estimate of drug-likeness (QED) is 0.420. The first kappa shape index (κ1) is 19.3. The van der Waals surface area contributed by atoms with Crippen LogP contribution in [0.25, 0.3) is 0 Å². The van der Waals surface area contributed by atoms with Crippen molar-refractivity contribution in [3.63, 3.8) is 0 Å². The summed E-state index contributed by atoms with van der Waals surface area (Å²) < 4.78 is 8.63. The molecule has 1 fully saturated rings. The van der Waals surface area contributed by atoms with E-state index < -0.39 is 0 Å². The lowest BCUT2D eigenvalue weighted by Gasteiger charge is -2.44. The van der Waals surface area contributed by atoms with Crippen LogP contribution in [0.15, 0.2) is 72.0 Å². The van der Waals surface area contributed by atoms with Gasteiger partial charge in [-0.3, -0.25) is 0 Å². The molecule has 3 atom stereocenters. The average molecular weight is 492 g/mol. The molecule has 0 amide bonds. The highest BCUT2D eigenvalue weighted by Crippen LogP contribution is 2.44. The molecule has 2 aromatic carbocycles. The number of benzene rings is 2. The Morgan fingerprint density at radius 2 is 1.70 bits per heavy atom. The van der Waals surface area contributed by atoms with Gasteiger partial charge in [-0.15, -0.1) is 0 Å². The number of hydrogen-bond donors (Lipinski definition) is 1. The predicted molar refractivity (Wildman–Crippen MR) is 121 cm³/mol. The molecule has 4 rings (SSSR count). The topological polar surface area (TPSA) is 24.5 Å². The van der Waals surface area contributed by atoms with Gasteiger partial charge in [0.1, 0.15) is 0 Å². The highest BCUT2D eigenvalue weighted by Gasteiger charge is 2.39. The fourth-order valence-electron chi connectivity index (χ4n) is 4.22. The van der Waals surface area contributed by atoms with Crippen LogP contribution >= 0.6 is 30.3 Å². The van der Waals surface area contributed by atoms with E-state index in [1.54, 1.807) is 0 Å². The zero-order chi connectivity index (χ0) is 18.6. The van der Waals surface area contributed by atoms with Gasteiger partial charge in [-0.1, -0.05) is 60.7 Å². The van der Waals surface area contributed by atoms with Crippen LogP contribution in [-0.2, 0) is 4.74 Å². The Balaban J connectivity index is 1.65. The van der Waals surface area contributed by atoms with Crippen LogP contribution in [0.1, 0.15) is 43.0 Å². The van der Waals surface area contributed by atoms with E-state index in [2.05, 4.69) is 98.4 Å². The van der Waals surface area contributed by atoms with Crippen LogP contribution in [0.2, 0.25) is 0 Å². The van der Waals surface area contributed by atoms with Gasteiger partial charge in [-0.05, 0) is 39.2 Å². The van der Waals surface area contributed by atoms with Gasteiger partial charge < -0.3 is 10.1 Å². The SMILES string of the molecule is CCOC1=C2CN(SI)[C@H](c3ccccc3)C[C@@H]2N[C@H](c2ccccc2)C1. The number of rotatable bonds is 5. The van der Waals surface area contributed by atoms with Gasteiger partial charge in [-0.2, -0.15) is 0 Å². The summed E-state index contributed by atoms with van der Waals surface area (Å²) in [5.41, 5.74) is 4.17. The van der Waals surface area contributed by atoms with Crippen molar-refractivity contribution in [2.75, 3.05) is 13.2 Å². The van der Waals surface area contributed by atoms with Crippen LogP contribution in [0.4, 0.5) is 0 Å². The first-order chi connectivity index (χ1) is 13.3. The number of halogens is 1. The molecule has 0 aromatic heterocycles. The monoisotopic (exact) mass is 492 g/mol. The number of hydrogen-bond acceptors (Lipinski definition) is 4. The lowest BCUT2D eigenvalue weighted by Crippen LogP contribution is -2.48. The minimum absolute atomic E-state index is 0.316. The molecule has 0 aliphatic carbocycles. The maximum absolute atomic E-state index is 6.14. The molecule has 27 heavy (non-hydrogen) atoms. The fraction of sp³-hybridized carbons (Fsp3) is 0.364. The maximum Gasteiger partial charge on any atom is 0.0999 e. The zero-order valence-electron chi connectivity index (χ0n) is 15.5. The van der Waals surface area contributed by atoms with E-state index in [9.17, 15) is 0 Å². The number of fused-ring (bicyclic) bond motifs is 1. The Bertz CT molecular complexity index is 783. The minimum atomic E-state index is 0.316. The highest BCUT2D eigenvalue weighted by atomic mass is 127. The van der Waals surface area contributed by atoms with Crippen molar-refractivity contribution in [1.29, 1.82) is 0 Å². The van der Waals surface area contributed by atoms with E-state index in [-0.39, 0.29) is 0 Å². The Morgan fingerprint density at radius 1 is 1.04 bits per heavy atom. The van der Waals surface area contributed by atoms with Gasteiger partial charge in [0.2, 0.25) is 0 Å². The predicted octanol–water partition coefficient (Wildman–Crippen LogP) is 5.83. The molecular weight excluding hydrogens is 467 g/mol. The number of nitrogens with zero attached hydrogens (tertiary/aromatic N) is 1. The molecule has 5 heteroatoms. The number of ether oxygens (including phenoxy) is 1. The van der Waals surface area contributed by atoms with Crippen LogP contribution in [0.3, 0.4) is 0 Å². The second-order valence-corrected chi connectivity index (χ2v) is 8.86. The largest absolute Gasteiger partial charge is 0.498 e. The second-order valence-electron chi connectivity index (χ2n) is 7.07. The van der Waals surface area contributed by atoms with E-state index in [1.807, 2.05) is 9.12 Å². The third-order valence-electron chi connectivity index (χ3n) is 5.50. The molecule has 2 heterocycles. The molecule has 2 aliphatic heterocycles. The molecule has 3 nitrogen and oxygen atoms in total. The molecule has 2 aliphatic rings. The standard InChI is InChI=1S/C22H25IN2OS/c1-2-26-22-14-19(16-9-5-3-6-10-16)24-20-13-21(17-11-7-4-8-12-17)25(27-23)15-18(20)22/h3-12,19-21,24H,2,13-15H2,1H3/t19-,20-,21-/m0/s1. The van der Waals surface area contributed by atoms with E-state index in [1.165, 1.54) is 22.5 Å². The van der Waals surface area contributed by atoms with Gasteiger partial charge in [0.15, 0.2) is 0 Å². The van der Waals surface area contributed by atoms with Crippen LogP contribution in [-0.4, -0.2) is 23.5 Å². The van der Waals surface area contributed by atoms with Crippen LogP contribution in [0.5, 0.6) is 0 Å². The van der Waals surface area contributed by atoms with Gasteiger partial charge in [0.05, 0.1) is 12.4 Å². The second kappa shape index (κ2) is 8.99. The summed E-state index contributed by atoms with van der Waals surface area (Å²) in [6.07, 6.45) is 1.99. The van der Waals surface area contributed by atoms with Crippen LogP contribution in [0, 0.1) is 0 Å². The third kappa shape index (κ3) is 4.21. The Hall–Kier alpha value is -1.02. The lowest BCUT2D eigenvalue weighted by atomic mass is 9.84. The van der Waals surface area contributed by atoms with Crippen molar-refractivity contribution >= 4 is 30.3 Å².